The lowest BCUT2D eigenvalue weighted by atomic mass is 9.74. The number of ketones is 1. The fraction of sp³-hybridized carbons (Fsp3) is 0.720. The van der Waals surface area contributed by atoms with Gasteiger partial charge in [0.15, 0.2) is 10.7 Å². The molecule has 0 aromatic rings. The van der Waals surface area contributed by atoms with E-state index in [1.54, 1.807) is 30.9 Å². The van der Waals surface area contributed by atoms with Gasteiger partial charge in [-0.3, -0.25) is 19.7 Å². The van der Waals surface area contributed by atoms with E-state index in [0.29, 0.717) is 31.4 Å². The third kappa shape index (κ3) is 4.40. The zero-order valence-corrected chi connectivity index (χ0v) is 24.1. The molecule has 0 aromatic heterocycles. The minimum absolute atomic E-state index is 0.0198. The molecule has 4 saturated heterocycles. The van der Waals surface area contributed by atoms with Gasteiger partial charge in [0.05, 0.1) is 19.1 Å². The van der Waals surface area contributed by atoms with Crippen molar-refractivity contribution in [2.75, 3.05) is 40.1 Å². The number of hydrogen-bond donors (Lipinski definition) is 4. The number of carbonyl (C=O) groups excluding carboxylic acids is 3. The molecule has 4 fully saturated rings. The Balaban J connectivity index is 1.51. The average molecular weight is 572 g/mol. The summed E-state index contributed by atoms with van der Waals surface area (Å²) < 4.78 is -1.10. The molecular formula is C25H37N3O6S3. The molecular weight excluding hydrogens is 534 g/mol. The number of nitrogens with zero attached hydrogens (tertiary/aromatic N) is 2. The number of carbonyl (C=O) groups is 3. The van der Waals surface area contributed by atoms with Crippen molar-refractivity contribution >= 4 is 50.9 Å². The third-order valence-electron chi connectivity index (χ3n) is 8.41. The third-order valence-corrected chi connectivity index (χ3v) is 14.0. The molecule has 0 aromatic carbocycles. The SMILES string of the molecule is CCC1C(=O)[C@]2(CC3C=CC(C[C@@]4(C(O)NC)SCC(CO)C(=O)N4C)=CC3)SS[C@@]1(CO)C(=O)N2C. The minimum atomic E-state index is -1.10. The normalized spacial score (nSPS) is 38.8. The van der Waals surface area contributed by atoms with Crippen LogP contribution >= 0.6 is 33.3 Å². The van der Waals surface area contributed by atoms with Crippen molar-refractivity contribution in [3.8, 4) is 0 Å². The summed E-state index contributed by atoms with van der Waals surface area (Å²) in [6.07, 6.45) is 7.27. The van der Waals surface area contributed by atoms with E-state index in [0.717, 1.165) is 5.57 Å². The number of fused-ring (bicyclic) bond motifs is 3. The highest BCUT2D eigenvalue weighted by atomic mass is 33.1. The summed E-state index contributed by atoms with van der Waals surface area (Å²) in [7, 11) is 7.75. The molecule has 4 unspecified atom stereocenters. The highest BCUT2D eigenvalue weighted by molar-refractivity contribution is 8.78. The second kappa shape index (κ2) is 10.9. The summed E-state index contributed by atoms with van der Waals surface area (Å²) in [6.45, 7) is 1.32. The number of Topliss-reactive ketones (excluding diaryl/α,β-unsaturated/α-hetero) is 1. The van der Waals surface area contributed by atoms with E-state index < -0.39 is 32.6 Å². The first-order valence-electron chi connectivity index (χ1n) is 12.6. The molecule has 7 atom stereocenters. The molecule has 2 bridgehead atoms. The van der Waals surface area contributed by atoms with Crippen LogP contribution in [0.4, 0.5) is 0 Å². The van der Waals surface area contributed by atoms with E-state index in [9.17, 15) is 29.7 Å². The first kappa shape index (κ1) is 29.0. The fourth-order valence-corrected chi connectivity index (χ4v) is 11.5. The van der Waals surface area contributed by atoms with Crippen molar-refractivity contribution in [2.24, 2.45) is 17.8 Å². The van der Waals surface area contributed by atoms with Gasteiger partial charge in [-0.05, 0) is 37.8 Å². The Morgan fingerprint density at radius 3 is 2.49 bits per heavy atom. The minimum Gasteiger partial charge on any atom is -0.396 e. The van der Waals surface area contributed by atoms with Crippen molar-refractivity contribution in [1.29, 1.82) is 0 Å². The van der Waals surface area contributed by atoms with E-state index in [4.69, 9.17) is 0 Å². The first-order chi connectivity index (χ1) is 17.6. The zero-order valence-electron chi connectivity index (χ0n) is 21.7. The van der Waals surface area contributed by atoms with E-state index in [2.05, 4.69) is 17.5 Å². The predicted octanol–water partition coefficient (Wildman–Crippen LogP) is 1.21. The van der Waals surface area contributed by atoms with Crippen LogP contribution in [-0.2, 0) is 14.4 Å². The number of rotatable bonds is 9. The van der Waals surface area contributed by atoms with Crippen LogP contribution in [0, 0.1) is 17.8 Å². The molecule has 9 nitrogen and oxygen atoms in total. The molecule has 5 aliphatic rings. The molecule has 0 saturated carbocycles. The molecule has 12 heteroatoms. The lowest BCUT2D eigenvalue weighted by Gasteiger charge is -2.58. The number of aliphatic hydroxyl groups is 3. The highest BCUT2D eigenvalue weighted by Crippen LogP contribution is 2.63. The molecule has 206 valence electrons. The van der Waals surface area contributed by atoms with Crippen molar-refractivity contribution in [3.05, 3.63) is 23.8 Å². The number of amides is 2. The Kier molecular flexibility index (Phi) is 8.51. The van der Waals surface area contributed by atoms with Crippen LogP contribution in [0.15, 0.2) is 23.8 Å². The summed E-state index contributed by atoms with van der Waals surface area (Å²) in [5.74, 6) is -0.872. The summed E-state index contributed by atoms with van der Waals surface area (Å²) in [4.78, 5) is 41.0. The second-order valence-corrected chi connectivity index (χ2v) is 14.4. The molecule has 4 aliphatic heterocycles. The van der Waals surface area contributed by atoms with Gasteiger partial charge in [0.1, 0.15) is 15.8 Å². The molecule has 0 spiro atoms. The summed E-state index contributed by atoms with van der Waals surface area (Å²) in [5.41, 5.74) is 0.980. The molecule has 5 rings (SSSR count). The van der Waals surface area contributed by atoms with Crippen molar-refractivity contribution < 1.29 is 29.7 Å². The Morgan fingerprint density at radius 1 is 1.19 bits per heavy atom. The summed E-state index contributed by atoms with van der Waals surface area (Å²) in [5, 5.41) is 33.4. The van der Waals surface area contributed by atoms with Crippen molar-refractivity contribution in [1.82, 2.24) is 15.1 Å². The maximum atomic E-state index is 13.7. The summed E-state index contributed by atoms with van der Waals surface area (Å²) in [6, 6.07) is 0. The number of nitrogens with one attached hydrogen (secondary N) is 1. The molecule has 2 amide bonds. The average Bonchev–Trinajstić information content (AvgIpc) is 2.91. The van der Waals surface area contributed by atoms with Crippen LogP contribution in [0.3, 0.4) is 0 Å². The smallest absolute Gasteiger partial charge is 0.244 e. The predicted molar refractivity (Wildman–Crippen MR) is 147 cm³/mol. The largest absolute Gasteiger partial charge is 0.396 e. The highest BCUT2D eigenvalue weighted by Gasteiger charge is 2.68. The lowest BCUT2D eigenvalue weighted by molar-refractivity contribution is -0.155. The molecule has 1 aliphatic carbocycles. The number of allylic oxidation sites excluding steroid dienone is 3. The van der Waals surface area contributed by atoms with Crippen LogP contribution in [0.25, 0.3) is 0 Å². The van der Waals surface area contributed by atoms with Gasteiger partial charge in [-0.1, -0.05) is 46.7 Å². The van der Waals surface area contributed by atoms with Gasteiger partial charge in [-0.2, -0.15) is 0 Å². The van der Waals surface area contributed by atoms with Crippen LogP contribution in [-0.4, -0.2) is 104 Å². The zero-order chi connectivity index (χ0) is 27.2. The van der Waals surface area contributed by atoms with Crippen LogP contribution in [0.5, 0.6) is 0 Å². The number of aliphatic hydroxyl groups excluding tert-OH is 3. The maximum Gasteiger partial charge on any atom is 0.244 e. The molecule has 37 heavy (non-hydrogen) atoms. The van der Waals surface area contributed by atoms with E-state index >= 15 is 0 Å². The number of thioether (sulfide) groups is 1. The molecule has 0 radical (unpaired) electrons. The number of piperidine rings is 1. The molecule has 4 heterocycles. The van der Waals surface area contributed by atoms with Gasteiger partial charge in [-0.15, -0.1) is 11.8 Å². The van der Waals surface area contributed by atoms with Gasteiger partial charge < -0.3 is 25.1 Å². The van der Waals surface area contributed by atoms with Crippen LogP contribution in [0.1, 0.15) is 32.6 Å². The maximum absolute atomic E-state index is 13.7. The number of likely N-dealkylation sites (N-methyl/N-ethyl adjacent to an activating group) is 3. The molecule has 4 N–H and O–H groups in total. The van der Waals surface area contributed by atoms with Crippen LogP contribution in [0.2, 0.25) is 0 Å². The van der Waals surface area contributed by atoms with Gasteiger partial charge in [0.25, 0.3) is 0 Å². The van der Waals surface area contributed by atoms with E-state index in [-0.39, 0.29) is 36.7 Å². The second-order valence-electron chi connectivity index (χ2n) is 10.3. The van der Waals surface area contributed by atoms with Crippen LogP contribution < -0.4 is 5.32 Å². The van der Waals surface area contributed by atoms with E-state index in [1.165, 1.54) is 33.3 Å². The Bertz CT molecular complexity index is 1010. The standard InChI is InChI=1S/C25H37N3O6S3/c1-5-18-19(31)24(28(4)22(34)23(18,14-30)36-37-24)10-15-6-8-16(9-7-15)11-25(21(33)26-2)27(3)20(32)17(12-29)13-35-25/h6,8-9,15,17-18,21,26,29-30,33H,5,7,10-14H2,1-4H3/t15?,17?,18?,21?,23-,24+,25+/m1/s1. The monoisotopic (exact) mass is 571 g/mol. The quantitative estimate of drug-likeness (QED) is 0.237. The Labute approximate surface area is 230 Å². The number of hydrogen-bond acceptors (Lipinski definition) is 10. The van der Waals surface area contributed by atoms with Crippen molar-refractivity contribution in [2.45, 2.75) is 53.3 Å². The topological polar surface area (TPSA) is 130 Å². The van der Waals surface area contributed by atoms with Gasteiger partial charge >= 0.3 is 0 Å². The van der Waals surface area contributed by atoms with Gasteiger partial charge in [-0.25, -0.2) is 0 Å². The Morgan fingerprint density at radius 2 is 1.92 bits per heavy atom. The van der Waals surface area contributed by atoms with Crippen molar-refractivity contribution in [3.63, 3.8) is 0 Å². The van der Waals surface area contributed by atoms with Gasteiger partial charge in [0, 0.05) is 32.2 Å². The Hall–Kier alpha value is -1.02. The van der Waals surface area contributed by atoms with E-state index in [1.807, 2.05) is 13.0 Å². The van der Waals surface area contributed by atoms with Gasteiger partial charge in [0.2, 0.25) is 11.8 Å². The summed E-state index contributed by atoms with van der Waals surface area (Å²) >= 11 is 1.47. The lowest BCUT2D eigenvalue weighted by Crippen LogP contribution is -2.73. The fourth-order valence-electron chi connectivity index (χ4n) is 5.97. The first-order valence-corrected chi connectivity index (χ1v) is 15.8.